The van der Waals surface area contributed by atoms with Gasteiger partial charge in [0.1, 0.15) is 18.2 Å². The number of halogens is 2. The van der Waals surface area contributed by atoms with Crippen molar-refractivity contribution in [2.75, 3.05) is 18.0 Å². The van der Waals surface area contributed by atoms with E-state index in [0.29, 0.717) is 17.0 Å². The van der Waals surface area contributed by atoms with Gasteiger partial charge >= 0.3 is 0 Å². The van der Waals surface area contributed by atoms with E-state index in [1.807, 2.05) is 17.7 Å². The van der Waals surface area contributed by atoms with Crippen LogP contribution in [0.15, 0.2) is 36.8 Å². The monoisotopic (exact) mass is 396 g/mol. The summed E-state index contributed by atoms with van der Waals surface area (Å²) in [5.41, 5.74) is 2.75. The van der Waals surface area contributed by atoms with E-state index >= 15 is 0 Å². The van der Waals surface area contributed by atoms with Crippen LogP contribution in [0, 0.1) is 17.1 Å². The van der Waals surface area contributed by atoms with Crippen LogP contribution in [-0.2, 0) is 7.05 Å². The van der Waals surface area contributed by atoms with Crippen LogP contribution in [-0.4, -0.2) is 32.8 Å². The number of aromatic nitrogens is 4. The Kier molecular flexibility index (Phi) is 4.97. The maximum Gasteiger partial charge on any atom is 0.164 e. The first-order valence-electron chi connectivity index (χ1n) is 9.02. The van der Waals surface area contributed by atoms with E-state index in [0.717, 1.165) is 43.0 Å². The van der Waals surface area contributed by atoms with Crippen molar-refractivity contribution in [1.82, 2.24) is 19.7 Å². The molecular formula is C20H18ClFN6. The highest BCUT2D eigenvalue weighted by atomic mass is 35.5. The number of nitrogens with zero attached hydrogens (tertiary/aromatic N) is 6. The van der Waals surface area contributed by atoms with Crippen molar-refractivity contribution in [2.24, 2.45) is 7.05 Å². The molecule has 28 heavy (non-hydrogen) atoms. The average molecular weight is 397 g/mol. The van der Waals surface area contributed by atoms with Gasteiger partial charge in [-0.1, -0.05) is 23.7 Å². The number of hydrogen-bond donors (Lipinski definition) is 0. The van der Waals surface area contributed by atoms with Gasteiger partial charge in [-0.2, -0.15) is 5.26 Å². The average Bonchev–Trinajstić information content (AvgIpc) is 3.15. The molecule has 2 aromatic heterocycles. The van der Waals surface area contributed by atoms with Gasteiger partial charge in [0.2, 0.25) is 0 Å². The summed E-state index contributed by atoms with van der Waals surface area (Å²) >= 11 is 5.73. The first-order valence-corrected chi connectivity index (χ1v) is 9.39. The molecule has 0 N–H and O–H groups in total. The molecule has 142 valence electrons. The third kappa shape index (κ3) is 3.32. The van der Waals surface area contributed by atoms with Crippen molar-refractivity contribution in [3.63, 3.8) is 0 Å². The van der Waals surface area contributed by atoms with Crippen molar-refractivity contribution >= 4 is 17.3 Å². The molecule has 0 saturated carbocycles. The molecule has 1 saturated heterocycles. The smallest absolute Gasteiger partial charge is 0.164 e. The van der Waals surface area contributed by atoms with Gasteiger partial charge in [-0.05, 0) is 25.0 Å². The molecule has 0 aliphatic carbocycles. The summed E-state index contributed by atoms with van der Waals surface area (Å²) < 4.78 is 15.9. The minimum atomic E-state index is -0.575. The molecule has 3 aromatic rings. The van der Waals surface area contributed by atoms with Gasteiger partial charge in [0.25, 0.3) is 0 Å². The Labute approximate surface area is 167 Å². The number of anilines is 1. The van der Waals surface area contributed by atoms with Crippen LogP contribution >= 0.6 is 11.6 Å². The van der Waals surface area contributed by atoms with Gasteiger partial charge in [-0.3, -0.25) is 0 Å². The Morgan fingerprint density at radius 1 is 1.29 bits per heavy atom. The number of rotatable bonds is 3. The molecule has 4 rings (SSSR count). The molecule has 1 aromatic carbocycles. The molecule has 0 radical (unpaired) electrons. The highest BCUT2D eigenvalue weighted by molar-refractivity contribution is 6.29. The molecular weight excluding hydrogens is 379 g/mol. The van der Waals surface area contributed by atoms with Gasteiger partial charge in [-0.25, -0.2) is 9.37 Å². The molecule has 0 spiro atoms. The standard InChI is InChI=1S/C20H18ClFN6/c1-27-12-25-26-20(27)13-5-7-28(8-6-13)18-14(10-23)3-2-4-16(18)15-9-17(22)19(21)24-11-15/h2-4,9,11-13H,5-8H2,1H3. The number of hydrogen-bond acceptors (Lipinski definition) is 5. The van der Waals surface area contributed by atoms with E-state index in [2.05, 4.69) is 26.2 Å². The Bertz CT molecular complexity index is 1050. The highest BCUT2D eigenvalue weighted by Gasteiger charge is 2.27. The summed E-state index contributed by atoms with van der Waals surface area (Å²) in [5.74, 6) is 0.738. The maximum absolute atomic E-state index is 14.0. The fraction of sp³-hybridized carbons (Fsp3) is 0.300. The minimum Gasteiger partial charge on any atom is -0.370 e. The zero-order chi connectivity index (χ0) is 19.7. The molecule has 1 aliphatic rings. The van der Waals surface area contributed by atoms with E-state index < -0.39 is 5.82 Å². The lowest BCUT2D eigenvalue weighted by molar-refractivity contribution is 0.474. The number of nitriles is 1. The predicted molar refractivity (Wildman–Crippen MR) is 105 cm³/mol. The third-order valence-electron chi connectivity index (χ3n) is 5.19. The lowest BCUT2D eigenvalue weighted by atomic mass is 9.93. The summed E-state index contributed by atoms with van der Waals surface area (Å²) in [6, 6.07) is 9.10. The van der Waals surface area contributed by atoms with Crippen molar-refractivity contribution in [1.29, 1.82) is 5.26 Å². The lowest BCUT2D eigenvalue weighted by Crippen LogP contribution is -2.34. The summed E-state index contributed by atoms with van der Waals surface area (Å²) in [5, 5.41) is 17.7. The number of para-hydroxylation sites is 1. The SMILES string of the molecule is Cn1cnnc1C1CCN(c2c(C#N)cccc2-c2cnc(Cl)c(F)c2)CC1. The molecule has 8 heteroatoms. The Balaban J connectivity index is 1.67. The number of piperidine rings is 1. The van der Waals surface area contributed by atoms with Crippen LogP contribution < -0.4 is 4.90 Å². The summed E-state index contributed by atoms with van der Waals surface area (Å²) in [7, 11) is 1.95. The molecule has 0 atom stereocenters. The molecule has 6 nitrogen and oxygen atoms in total. The zero-order valence-corrected chi connectivity index (χ0v) is 16.1. The Hall–Kier alpha value is -2.98. The molecule has 3 heterocycles. The van der Waals surface area contributed by atoms with Crippen molar-refractivity contribution < 1.29 is 4.39 Å². The Morgan fingerprint density at radius 3 is 2.71 bits per heavy atom. The lowest BCUT2D eigenvalue weighted by Gasteiger charge is -2.35. The first-order chi connectivity index (χ1) is 13.6. The number of benzene rings is 1. The largest absolute Gasteiger partial charge is 0.370 e. The normalized spacial score (nSPS) is 14.9. The van der Waals surface area contributed by atoms with Gasteiger partial charge in [0.05, 0.1) is 11.3 Å². The van der Waals surface area contributed by atoms with Crippen molar-refractivity contribution in [3.8, 4) is 17.2 Å². The third-order valence-corrected chi connectivity index (χ3v) is 5.46. The van der Waals surface area contributed by atoms with Crippen LogP contribution in [0.3, 0.4) is 0 Å². The fourth-order valence-electron chi connectivity index (χ4n) is 3.80. The molecule has 1 aliphatic heterocycles. The van der Waals surface area contributed by atoms with E-state index in [9.17, 15) is 9.65 Å². The van der Waals surface area contributed by atoms with Gasteiger partial charge in [0.15, 0.2) is 11.0 Å². The van der Waals surface area contributed by atoms with Crippen LogP contribution in [0.5, 0.6) is 0 Å². The topological polar surface area (TPSA) is 70.6 Å². The van der Waals surface area contributed by atoms with Gasteiger partial charge in [0, 0.05) is 43.4 Å². The summed E-state index contributed by atoms with van der Waals surface area (Å²) in [4.78, 5) is 6.11. The van der Waals surface area contributed by atoms with Crippen LogP contribution in [0.25, 0.3) is 11.1 Å². The second kappa shape index (κ2) is 7.56. The fourth-order valence-corrected chi connectivity index (χ4v) is 3.90. The predicted octanol–water partition coefficient (Wildman–Crippen LogP) is 3.93. The van der Waals surface area contributed by atoms with Gasteiger partial charge in [-0.15, -0.1) is 10.2 Å². The van der Waals surface area contributed by atoms with Crippen LogP contribution in [0.2, 0.25) is 5.15 Å². The van der Waals surface area contributed by atoms with E-state index in [1.54, 1.807) is 18.5 Å². The van der Waals surface area contributed by atoms with Crippen molar-refractivity contribution in [2.45, 2.75) is 18.8 Å². The summed E-state index contributed by atoms with van der Waals surface area (Å²) in [6.07, 6.45) is 5.06. The zero-order valence-electron chi connectivity index (χ0n) is 15.3. The van der Waals surface area contributed by atoms with Gasteiger partial charge < -0.3 is 9.47 Å². The van der Waals surface area contributed by atoms with Crippen LogP contribution in [0.4, 0.5) is 10.1 Å². The van der Waals surface area contributed by atoms with E-state index in [4.69, 9.17) is 11.6 Å². The highest BCUT2D eigenvalue weighted by Crippen LogP contribution is 2.38. The molecule has 0 bridgehead atoms. The first kappa shape index (κ1) is 18.4. The second-order valence-electron chi connectivity index (χ2n) is 6.87. The number of aryl methyl sites for hydroxylation is 1. The second-order valence-corrected chi connectivity index (χ2v) is 7.23. The Morgan fingerprint density at radius 2 is 2.07 bits per heavy atom. The summed E-state index contributed by atoms with van der Waals surface area (Å²) in [6.45, 7) is 1.54. The van der Waals surface area contributed by atoms with Crippen molar-refractivity contribution in [3.05, 3.63) is 59.1 Å². The quantitative estimate of drug-likeness (QED) is 0.627. The minimum absolute atomic E-state index is 0.161. The number of pyridine rings is 1. The maximum atomic E-state index is 14.0. The van der Waals surface area contributed by atoms with E-state index in [-0.39, 0.29) is 5.15 Å². The molecule has 0 amide bonds. The molecule has 1 fully saturated rings. The molecule has 0 unspecified atom stereocenters. The van der Waals surface area contributed by atoms with E-state index in [1.165, 1.54) is 12.3 Å². The van der Waals surface area contributed by atoms with Crippen LogP contribution in [0.1, 0.15) is 30.1 Å².